The van der Waals surface area contributed by atoms with Gasteiger partial charge in [-0.25, -0.2) is 0 Å². The van der Waals surface area contributed by atoms with E-state index in [0.717, 1.165) is 0 Å². The summed E-state index contributed by atoms with van der Waals surface area (Å²) in [4.78, 5) is 0. The number of hydrogen-bond donors (Lipinski definition) is 0. The molecule has 0 spiro atoms. The van der Waals surface area contributed by atoms with E-state index in [1.807, 2.05) is 0 Å². The van der Waals surface area contributed by atoms with Crippen molar-refractivity contribution in [1.29, 1.82) is 0 Å². The molecule has 0 aliphatic carbocycles. The van der Waals surface area contributed by atoms with Gasteiger partial charge in [0.25, 0.3) is 0 Å². The maximum absolute atomic E-state index is 2.37. The average Bonchev–Trinajstić information content (AvgIpc) is 2.04. The fourth-order valence-corrected chi connectivity index (χ4v) is 1.92. The quantitative estimate of drug-likeness (QED) is 0.535. The summed E-state index contributed by atoms with van der Waals surface area (Å²) in [6.45, 7) is 13.8. The Balaban J connectivity index is 4.43. The molecule has 1 atom stereocenters. The van der Waals surface area contributed by atoms with Crippen LogP contribution < -0.4 is 0 Å². The van der Waals surface area contributed by atoms with Crippen molar-refractivity contribution in [3.8, 4) is 0 Å². The molecule has 0 aliphatic rings. The Morgan fingerprint density at radius 2 is 1.54 bits per heavy atom. The van der Waals surface area contributed by atoms with Crippen LogP contribution in [-0.2, 0) is 0 Å². The van der Waals surface area contributed by atoms with Crippen LogP contribution >= 0.6 is 0 Å². The fraction of sp³-hybridized carbons (Fsp3) is 0.846. The van der Waals surface area contributed by atoms with Crippen LogP contribution in [0.4, 0.5) is 0 Å². The number of hydrogen-bond acceptors (Lipinski definition) is 0. The van der Waals surface area contributed by atoms with Gasteiger partial charge in [-0.1, -0.05) is 53.2 Å². The minimum atomic E-state index is 0.397. The first-order valence-corrected chi connectivity index (χ1v) is 5.53. The van der Waals surface area contributed by atoms with Crippen LogP contribution in [0.5, 0.6) is 0 Å². The van der Waals surface area contributed by atoms with Crippen molar-refractivity contribution in [2.24, 2.45) is 10.8 Å². The Labute approximate surface area is 84.4 Å². The van der Waals surface area contributed by atoms with Crippen molar-refractivity contribution in [2.75, 3.05) is 0 Å². The van der Waals surface area contributed by atoms with Gasteiger partial charge in [0.05, 0.1) is 0 Å². The summed E-state index contributed by atoms with van der Waals surface area (Å²) in [6.07, 6.45) is 8.35. The average molecular weight is 182 g/mol. The molecule has 0 saturated carbocycles. The summed E-state index contributed by atoms with van der Waals surface area (Å²) >= 11 is 0. The Bertz CT molecular complexity index is 165. The van der Waals surface area contributed by atoms with E-state index in [0.29, 0.717) is 10.8 Å². The summed E-state index contributed by atoms with van der Waals surface area (Å²) in [5.41, 5.74) is 0.874. The normalized spacial score (nSPS) is 17.7. The van der Waals surface area contributed by atoms with Gasteiger partial charge in [-0.2, -0.15) is 0 Å². The van der Waals surface area contributed by atoms with Gasteiger partial charge < -0.3 is 0 Å². The predicted molar refractivity (Wildman–Crippen MR) is 61.9 cm³/mol. The molecule has 0 bridgehead atoms. The van der Waals surface area contributed by atoms with E-state index in [1.165, 1.54) is 19.3 Å². The molecule has 0 heteroatoms. The molecule has 0 aromatic carbocycles. The largest absolute Gasteiger partial charge is 0.0911 e. The summed E-state index contributed by atoms with van der Waals surface area (Å²) in [5.74, 6) is 0. The zero-order chi connectivity index (χ0) is 10.5. The number of allylic oxidation sites excluding steroid dienone is 2. The van der Waals surface area contributed by atoms with Gasteiger partial charge in [0.15, 0.2) is 0 Å². The van der Waals surface area contributed by atoms with E-state index in [9.17, 15) is 0 Å². The van der Waals surface area contributed by atoms with Crippen LogP contribution in [0.1, 0.15) is 60.8 Å². The van der Waals surface area contributed by atoms with Gasteiger partial charge in [0.2, 0.25) is 0 Å². The van der Waals surface area contributed by atoms with Crippen LogP contribution in [0.15, 0.2) is 12.2 Å². The standard InChI is InChI=1S/C13H26/c1-7-10-13(6,9-3)11-12(4,5)8-2/h7,10H,8-9,11H2,1-6H3. The van der Waals surface area contributed by atoms with E-state index in [2.05, 4.69) is 53.7 Å². The van der Waals surface area contributed by atoms with E-state index in [1.54, 1.807) is 0 Å². The van der Waals surface area contributed by atoms with Crippen molar-refractivity contribution in [3.05, 3.63) is 12.2 Å². The minimum Gasteiger partial charge on any atom is -0.0911 e. The van der Waals surface area contributed by atoms with Crippen molar-refractivity contribution in [1.82, 2.24) is 0 Å². The molecule has 0 N–H and O–H groups in total. The molecule has 0 saturated heterocycles. The minimum absolute atomic E-state index is 0.397. The Hall–Kier alpha value is -0.260. The molecular weight excluding hydrogens is 156 g/mol. The maximum atomic E-state index is 2.37. The van der Waals surface area contributed by atoms with Gasteiger partial charge in [-0.3, -0.25) is 0 Å². The third-order valence-corrected chi connectivity index (χ3v) is 3.22. The second-order valence-electron chi connectivity index (χ2n) is 5.20. The van der Waals surface area contributed by atoms with E-state index < -0.39 is 0 Å². The van der Waals surface area contributed by atoms with Gasteiger partial charge in [-0.15, -0.1) is 0 Å². The molecule has 0 aromatic heterocycles. The number of rotatable bonds is 5. The first-order valence-electron chi connectivity index (χ1n) is 5.53. The third-order valence-electron chi connectivity index (χ3n) is 3.22. The highest BCUT2D eigenvalue weighted by atomic mass is 14.3. The molecular formula is C13H26. The van der Waals surface area contributed by atoms with Crippen molar-refractivity contribution >= 4 is 0 Å². The molecule has 1 unspecified atom stereocenters. The molecule has 0 rings (SSSR count). The second kappa shape index (κ2) is 4.83. The molecule has 0 heterocycles. The van der Waals surface area contributed by atoms with Crippen LogP contribution in [0.3, 0.4) is 0 Å². The highest BCUT2D eigenvalue weighted by molar-refractivity contribution is 4.97. The highest BCUT2D eigenvalue weighted by Gasteiger charge is 2.27. The first-order chi connectivity index (χ1) is 5.89. The Kier molecular flexibility index (Phi) is 4.74. The van der Waals surface area contributed by atoms with Gasteiger partial charge >= 0.3 is 0 Å². The van der Waals surface area contributed by atoms with E-state index in [4.69, 9.17) is 0 Å². The highest BCUT2D eigenvalue weighted by Crippen LogP contribution is 2.39. The lowest BCUT2D eigenvalue weighted by Crippen LogP contribution is -2.22. The van der Waals surface area contributed by atoms with Crippen LogP contribution in [0.2, 0.25) is 0 Å². The summed E-state index contributed by atoms with van der Waals surface area (Å²) < 4.78 is 0. The van der Waals surface area contributed by atoms with Crippen molar-refractivity contribution in [2.45, 2.75) is 60.8 Å². The van der Waals surface area contributed by atoms with Gasteiger partial charge in [-0.05, 0) is 30.6 Å². The van der Waals surface area contributed by atoms with Crippen molar-refractivity contribution < 1.29 is 0 Å². The van der Waals surface area contributed by atoms with Crippen LogP contribution in [0, 0.1) is 10.8 Å². The first kappa shape index (κ1) is 12.7. The molecule has 0 fully saturated rings. The summed E-state index contributed by atoms with van der Waals surface area (Å²) in [7, 11) is 0. The lowest BCUT2D eigenvalue weighted by atomic mass is 9.71. The molecule has 0 aromatic rings. The topological polar surface area (TPSA) is 0 Å². The molecule has 13 heavy (non-hydrogen) atoms. The molecule has 0 radical (unpaired) electrons. The van der Waals surface area contributed by atoms with Crippen molar-refractivity contribution in [3.63, 3.8) is 0 Å². The fourth-order valence-electron chi connectivity index (χ4n) is 1.92. The second-order valence-corrected chi connectivity index (χ2v) is 5.20. The predicted octanol–water partition coefficient (Wildman–Crippen LogP) is 4.81. The lowest BCUT2D eigenvalue weighted by Gasteiger charge is -2.34. The molecule has 0 nitrogen and oxygen atoms in total. The SMILES string of the molecule is CC=CC(C)(CC)CC(C)(C)CC. The zero-order valence-corrected chi connectivity index (χ0v) is 10.3. The molecule has 0 aliphatic heterocycles. The van der Waals surface area contributed by atoms with Gasteiger partial charge in [0, 0.05) is 0 Å². The van der Waals surface area contributed by atoms with Crippen LogP contribution in [0.25, 0.3) is 0 Å². The molecule has 0 amide bonds. The van der Waals surface area contributed by atoms with Crippen LogP contribution in [-0.4, -0.2) is 0 Å². The summed E-state index contributed by atoms with van der Waals surface area (Å²) in [5, 5.41) is 0. The van der Waals surface area contributed by atoms with E-state index in [-0.39, 0.29) is 0 Å². The van der Waals surface area contributed by atoms with Gasteiger partial charge in [0.1, 0.15) is 0 Å². The van der Waals surface area contributed by atoms with E-state index >= 15 is 0 Å². The smallest absolute Gasteiger partial charge is 0.0144 e. The monoisotopic (exact) mass is 182 g/mol. The maximum Gasteiger partial charge on any atom is -0.0144 e. The third kappa shape index (κ3) is 4.50. The lowest BCUT2D eigenvalue weighted by molar-refractivity contribution is 0.209. The Morgan fingerprint density at radius 1 is 1.00 bits per heavy atom. The molecule has 78 valence electrons. The zero-order valence-electron chi connectivity index (χ0n) is 10.3. The summed E-state index contributed by atoms with van der Waals surface area (Å²) in [6, 6.07) is 0. The Morgan fingerprint density at radius 3 is 1.85 bits per heavy atom.